The SMILES string of the molecule is Cc1ccc(-c2nnsc2C(=O)Nc2cccc(C)c2C)cc1. The van der Waals surface area contributed by atoms with Crippen LogP contribution in [0.4, 0.5) is 5.69 Å². The maximum absolute atomic E-state index is 12.6. The quantitative estimate of drug-likeness (QED) is 0.778. The van der Waals surface area contributed by atoms with Gasteiger partial charge in [-0.1, -0.05) is 46.4 Å². The van der Waals surface area contributed by atoms with Gasteiger partial charge in [0, 0.05) is 11.3 Å². The Bertz CT molecular complexity index is 853. The van der Waals surface area contributed by atoms with Crippen molar-refractivity contribution in [2.45, 2.75) is 20.8 Å². The minimum absolute atomic E-state index is 0.177. The van der Waals surface area contributed by atoms with Crippen LogP contribution in [0.5, 0.6) is 0 Å². The highest BCUT2D eigenvalue weighted by Gasteiger charge is 2.18. The molecule has 0 saturated carbocycles. The van der Waals surface area contributed by atoms with Gasteiger partial charge in [-0.3, -0.25) is 4.79 Å². The van der Waals surface area contributed by atoms with Crippen molar-refractivity contribution in [2.75, 3.05) is 5.32 Å². The number of benzene rings is 2. The van der Waals surface area contributed by atoms with Crippen LogP contribution in [-0.4, -0.2) is 15.5 Å². The normalized spacial score (nSPS) is 10.6. The maximum Gasteiger partial charge on any atom is 0.269 e. The Hall–Kier alpha value is -2.53. The molecule has 1 N–H and O–H groups in total. The van der Waals surface area contributed by atoms with Gasteiger partial charge in [-0.25, -0.2) is 0 Å². The molecular weight excluding hydrogens is 306 g/mol. The first-order valence-corrected chi connectivity index (χ1v) is 8.10. The predicted molar refractivity (Wildman–Crippen MR) is 94.0 cm³/mol. The molecule has 0 bridgehead atoms. The van der Waals surface area contributed by atoms with Crippen molar-refractivity contribution < 1.29 is 4.79 Å². The van der Waals surface area contributed by atoms with Gasteiger partial charge in [-0.15, -0.1) is 5.10 Å². The molecule has 23 heavy (non-hydrogen) atoms. The Kier molecular flexibility index (Phi) is 4.21. The molecule has 0 aliphatic rings. The first-order chi connectivity index (χ1) is 11.1. The van der Waals surface area contributed by atoms with Gasteiger partial charge in [0.1, 0.15) is 10.6 Å². The van der Waals surface area contributed by atoms with Crippen LogP contribution in [0.25, 0.3) is 11.3 Å². The molecule has 0 aliphatic heterocycles. The van der Waals surface area contributed by atoms with Gasteiger partial charge in [0.25, 0.3) is 5.91 Å². The highest BCUT2D eigenvalue weighted by Crippen LogP contribution is 2.26. The molecule has 1 heterocycles. The highest BCUT2D eigenvalue weighted by molar-refractivity contribution is 7.08. The zero-order valence-corrected chi connectivity index (χ0v) is 14.1. The zero-order valence-electron chi connectivity index (χ0n) is 13.3. The van der Waals surface area contributed by atoms with Crippen molar-refractivity contribution in [1.82, 2.24) is 9.59 Å². The lowest BCUT2D eigenvalue weighted by Gasteiger charge is -2.10. The van der Waals surface area contributed by atoms with E-state index >= 15 is 0 Å². The molecule has 0 spiro atoms. The Morgan fingerprint density at radius 1 is 1.04 bits per heavy atom. The average molecular weight is 323 g/mol. The van der Waals surface area contributed by atoms with E-state index in [0.29, 0.717) is 10.6 Å². The summed E-state index contributed by atoms with van der Waals surface area (Å²) in [5.41, 5.74) is 5.71. The van der Waals surface area contributed by atoms with E-state index in [4.69, 9.17) is 0 Å². The monoisotopic (exact) mass is 323 g/mol. The molecule has 4 nitrogen and oxygen atoms in total. The van der Waals surface area contributed by atoms with Crippen LogP contribution in [-0.2, 0) is 0 Å². The van der Waals surface area contributed by atoms with Crippen molar-refractivity contribution in [3.8, 4) is 11.3 Å². The number of anilines is 1. The molecule has 1 aromatic heterocycles. The van der Waals surface area contributed by atoms with Gasteiger partial charge in [-0.2, -0.15) is 0 Å². The van der Waals surface area contributed by atoms with Gasteiger partial charge < -0.3 is 5.32 Å². The molecule has 0 radical (unpaired) electrons. The number of amides is 1. The number of aromatic nitrogens is 2. The van der Waals surface area contributed by atoms with Crippen molar-refractivity contribution >= 4 is 23.1 Å². The summed E-state index contributed by atoms with van der Waals surface area (Å²) in [7, 11) is 0. The molecule has 1 amide bonds. The van der Waals surface area contributed by atoms with Gasteiger partial charge in [0.15, 0.2) is 0 Å². The summed E-state index contributed by atoms with van der Waals surface area (Å²) in [4.78, 5) is 13.1. The Balaban J connectivity index is 1.91. The van der Waals surface area contributed by atoms with Crippen LogP contribution in [0.15, 0.2) is 42.5 Å². The Labute approximate surface area is 139 Å². The fourth-order valence-electron chi connectivity index (χ4n) is 2.31. The number of aryl methyl sites for hydroxylation is 2. The maximum atomic E-state index is 12.6. The number of nitrogens with one attached hydrogen (secondary N) is 1. The van der Waals surface area contributed by atoms with Crippen molar-refractivity contribution in [2.24, 2.45) is 0 Å². The van der Waals surface area contributed by atoms with Crippen molar-refractivity contribution in [3.05, 3.63) is 64.0 Å². The van der Waals surface area contributed by atoms with E-state index in [0.717, 1.165) is 33.9 Å². The lowest BCUT2D eigenvalue weighted by atomic mass is 10.1. The first-order valence-electron chi connectivity index (χ1n) is 7.33. The summed E-state index contributed by atoms with van der Waals surface area (Å²) in [5, 5.41) is 7.09. The fraction of sp³-hybridized carbons (Fsp3) is 0.167. The lowest BCUT2D eigenvalue weighted by Crippen LogP contribution is -2.12. The van der Waals surface area contributed by atoms with Gasteiger partial charge in [0.2, 0.25) is 0 Å². The van der Waals surface area contributed by atoms with Crippen LogP contribution in [0.1, 0.15) is 26.4 Å². The van der Waals surface area contributed by atoms with Crippen LogP contribution >= 0.6 is 11.5 Å². The molecule has 3 rings (SSSR count). The number of rotatable bonds is 3. The van der Waals surface area contributed by atoms with Gasteiger partial charge in [-0.05, 0) is 49.5 Å². The summed E-state index contributed by atoms with van der Waals surface area (Å²) in [5.74, 6) is -0.177. The number of carbonyl (C=O) groups is 1. The third kappa shape index (κ3) is 3.14. The third-order valence-corrected chi connectivity index (χ3v) is 4.60. The minimum atomic E-state index is -0.177. The number of hydrogen-bond acceptors (Lipinski definition) is 4. The number of hydrogen-bond donors (Lipinski definition) is 1. The molecule has 2 aromatic carbocycles. The Morgan fingerprint density at radius 3 is 2.52 bits per heavy atom. The zero-order chi connectivity index (χ0) is 16.4. The van der Waals surface area contributed by atoms with Crippen LogP contribution in [0.3, 0.4) is 0 Å². The second-order valence-corrected chi connectivity index (χ2v) is 6.27. The molecule has 116 valence electrons. The second kappa shape index (κ2) is 6.30. The van der Waals surface area contributed by atoms with E-state index < -0.39 is 0 Å². The van der Waals surface area contributed by atoms with E-state index in [1.54, 1.807) is 0 Å². The first kappa shape index (κ1) is 15.4. The topological polar surface area (TPSA) is 54.9 Å². The number of carbonyl (C=O) groups excluding carboxylic acids is 1. The molecule has 5 heteroatoms. The van der Waals surface area contributed by atoms with E-state index in [-0.39, 0.29) is 5.91 Å². The predicted octanol–water partition coefficient (Wildman–Crippen LogP) is 4.38. The Morgan fingerprint density at radius 2 is 1.78 bits per heavy atom. The van der Waals surface area contributed by atoms with Crippen LogP contribution < -0.4 is 5.32 Å². The fourth-order valence-corrected chi connectivity index (χ4v) is 2.89. The molecule has 0 unspecified atom stereocenters. The van der Waals surface area contributed by atoms with E-state index in [2.05, 4.69) is 14.9 Å². The molecule has 0 saturated heterocycles. The summed E-state index contributed by atoms with van der Waals surface area (Å²) in [6, 6.07) is 13.8. The summed E-state index contributed by atoms with van der Waals surface area (Å²) < 4.78 is 3.95. The van der Waals surface area contributed by atoms with Crippen molar-refractivity contribution in [3.63, 3.8) is 0 Å². The van der Waals surface area contributed by atoms with Crippen LogP contribution in [0.2, 0.25) is 0 Å². The molecular formula is C18H17N3OS. The molecule has 0 aliphatic carbocycles. The van der Waals surface area contributed by atoms with Gasteiger partial charge in [0.05, 0.1) is 0 Å². The molecule has 0 atom stereocenters. The number of nitrogens with zero attached hydrogens (tertiary/aromatic N) is 2. The largest absolute Gasteiger partial charge is 0.321 e. The van der Waals surface area contributed by atoms with Crippen molar-refractivity contribution in [1.29, 1.82) is 0 Å². The summed E-state index contributed by atoms with van der Waals surface area (Å²) in [6.45, 7) is 6.05. The average Bonchev–Trinajstić information content (AvgIpc) is 3.02. The van der Waals surface area contributed by atoms with E-state index in [1.165, 1.54) is 5.56 Å². The van der Waals surface area contributed by atoms with Crippen LogP contribution in [0, 0.1) is 20.8 Å². The summed E-state index contributed by atoms with van der Waals surface area (Å²) in [6.07, 6.45) is 0. The highest BCUT2D eigenvalue weighted by atomic mass is 32.1. The lowest BCUT2D eigenvalue weighted by molar-refractivity contribution is 0.103. The van der Waals surface area contributed by atoms with E-state index in [9.17, 15) is 4.79 Å². The summed E-state index contributed by atoms with van der Waals surface area (Å²) >= 11 is 1.11. The third-order valence-electron chi connectivity index (χ3n) is 3.87. The van der Waals surface area contributed by atoms with Gasteiger partial charge >= 0.3 is 0 Å². The van der Waals surface area contributed by atoms with E-state index in [1.807, 2.05) is 63.2 Å². The standard InChI is InChI=1S/C18H17N3OS/c1-11-7-9-14(10-8-11)16-17(23-21-20-16)18(22)19-15-6-4-5-12(2)13(15)3/h4-10H,1-3H3,(H,19,22). The molecule has 0 fully saturated rings. The molecule has 3 aromatic rings. The smallest absolute Gasteiger partial charge is 0.269 e. The second-order valence-electron chi connectivity index (χ2n) is 5.52. The minimum Gasteiger partial charge on any atom is -0.321 e.